The molecule has 0 bridgehead atoms. The van der Waals surface area contributed by atoms with E-state index in [1.54, 1.807) is 15.7 Å². The van der Waals surface area contributed by atoms with Gasteiger partial charge in [-0.25, -0.2) is 0 Å². The van der Waals surface area contributed by atoms with Crippen molar-refractivity contribution in [2.75, 3.05) is 18.4 Å². The van der Waals surface area contributed by atoms with Gasteiger partial charge in [-0.15, -0.1) is 0 Å². The van der Waals surface area contributed by atoms with Crippen LogP contribution in [-0.2, 0) is 16.1 Å². The maximum absolute atomic E-state index is 12.9. The van der Waals surface area contributed by atoms with Crippen LogP contribution in [0.5, 0.6) is 0 Å². The molecule has 30 heavy (non-hydrogen) atoms. The average molecular weight is 403 g/mol. The van der Waals surface area contributed by atoms with Crippen molar-refractivity contribution >= 4 is 34.2 Å². The maximum atomic E-state index is 12.9. The fourth-order valence-corrected chi connectivity index (χ4v) is 3.97. The third kappa shape index (κ3) is 3.73. The van der Waals surface area contributed by atoms with E-state index in [1.807, 2.05) is 56.3 Å². The fourth-order valence-electron chi connectivity index (χ4n) is 3.97. The van der Waals surface area contributed by atoms with Gasteiger partial charge in [-0.3, -0.25) is 14.4 Å². The van der Waals surface area contributed by atoms with Crippen molar-refractivity contribution < 1.29 is 14.4 Å². The molecule has 3 aromatic rings. The Morgan fingerprint density at radius 3 is 2.47 bits per heavy atom. The summed E-state index contributed by atoms with van der Waals surface area (Å²) in [6.45, 7) is 5.28. The Balaban J connectivity index is 1.60. The number of aryl methyl sites for hydroxylation is 1. The van der Waals surface area contributed by atoms with Gasteiger partial charge < -0.3 is 14.8 Å². The van der Waals surface area contributed by atoms with Crippen molar-refractivity contribution in [2.45, 2.75) is 33.2 Å². The standard InChI is InChI=1S/C24H25N3O3/c1-16-8-7-10-20(17(16)2)25-22(28)15-27-14-19(18-9-3-4-11-21(18)27)23(29)24(30)26-12-5-6-13-26/h3-4,7-11,14H,5-6,12-13,15H2,1-2H3,(H,25,28). The molecule has 6 nitrogen and oxygen atoms in total. The van der Waals surface area contributed by atoms with Gasteiger partial charge in [-0.2, -0.15) is 0 Å². The number of carbonyl (C=O) groups excluding carboxylic acids is 3. The largest absolute Gasteiger partial charge is 0.337 e. The second-order valence-electron chi connectivity index (χ2n) is 7.81. The van der Waals surface area contributed by atoms with Crippen molar-refractivity contribution in [1.29, 1.82) is 0 Å². The van der Waals surface area contributed by atoms with Gasteiger partial charge >= 0.3 is 0 Å². The van der Waals surface area contributed by atoms with Crippen LogP contribution in [0.1, 0.15) is 34.3 Å². The number of nitrogens with zero attached hydrogens (tertiary/aromatic N) is 2. The summed E-state index contributed by atoms with van der Waals surface area (Å²) in [5, 5.41) is 3.64. The molecule has 1 aliphatic rings. The van der Waals surface area contributed by atoms with E-state index in [9.17, 15) is 14.4 Å². The minimum atomic E-state index is -0.512. The Morgan fingerprint density at radius 2 is 1.70 bits per heavy atom. The zero-order valence-electron chi connectivity index (χ0n) is 17.3. The topological polar surface area (TPSA) is 71.4 Å². The SMILES string of the molecule is Cc1cccc(NC(=O)Cn2cc(C(=O)C(=O)N3CCCC3)c3ccccc32)c1C. The van der Waals surface area contributed by atoms with Gasteiger partial charge in [0, 0.05) is 35.9 Å². The smallest absolute Gasteiger partial charge is 0.295 e. The summed E-state index contributed by atoms with van der Waals surface area (Å²) in [7, 11) is 0. The molecular formula is C24H25N3O3. The zero-order chi connectivity index (χ0) is 21.3. The quantitative estimate of drug-likeness (QED) is 0.522. The number of rotatable bonds is 5. The van der Waals surface area contributed by atoms with Crippen molar-refractivity contribution in [3.8, 4) is 0 Å². The maximum Gasteiger partial charge on any atom is 0.295 e. The molecule has 0 aliphatic carbocycles. The summed E-state index contributed by atoms with van der Waals surface area (Å²) in [4.78, 5) is 39.9. The predicted molar refractivity (Wildman–Crippen MR) is 117 cm³/mol. The van der Waals surface area contributed by atoms with E-state index >= 15 is 0 Å². The highest BCUT2D eigenvalue weighted by Crippen LogP contribution is 2.24. The van der Waals surface area contributed by atoms with Gasteiger partial charge in [-0.1, -0.05) is 30.3 Å². The number of Topliss-reactive ketones (excluding diaryl/α,β-unsaturated/α-hetero) is 1. The molecule has 4 rings (SSSR count). The number of carbonyl (C=O) groups is 3. The Hall–Kier alpha value is -3.41. The summed E-state index contributed by atoms with van der Waals surface area (Å²) < 4.78 is 1.74. The lowest BCUT2D eigenvalue weighted by atomic mass is 10.1. The average Bonchev–Trinajstić information content (AvgIpc) is 3.39. The van der Waals surface area contributed by atoms with Crippen LogP contribution in [0.2, 0.25) is 0 Å². The molecule has 0 atom stereocenters. The van der Waals surface area contributed by atoms with Gasteiger partial charge in [0.15, 0.2) is 0 Å². The molecule has 0 spiro atoms. The monoisotopic (exact) mass is 403 g/mol. The van der Waals surface area contributed by atoms with Crippen LogP contribution >= 0.6 is 0 Å². The molecule has 0 radical (unpaired) electrons. The molecule has 0 unspecified atom stereocenters. The van der Waals surface area contributed by atoms with Crippen molar-refractivity contribution in [2.24, 2.45) is 0 Å². The zero-order valence-corrected chi connectivity index (χ0v) is 17.3. The van der Waals surface area contributed by atoms with Crippen LogP contribution in [0.4, 0.5) is 5.69 Å². The van der Waals surface area contributed by atoms with Crippen molar-refractivity contribution in [3.05, 3.63) is 65.4 Å². The molecule has 154 valence electrons. The van der Waals surface area contributed by atoms with Gasteiger partial charge in [0.2, 0.25) is 5.91 Å². The van der Waals surface area contributed by atoms with Gasteiger partial charge in [-0.05, 0) is 49.9 Å². The predicted octanol–water partition coefficient (Wildman–Crippen LogP) is 3.70. The number of para-hydroxylation sites is 1. The van der Waals surface area contributed by atoms with E-state index in [1.165, 1.54) is 0 Å². The molecule has 2 heterocycles. The van der Waals surface area contributed by atoms with Crippen LogP contribution in [0.3, 0.4) is 0 Å². The number of likely N-dealkylation sites (tertiary alicyclic amines) is 1. The first-order valence-electron chi connectivity index (χ1n) is 10.2. The first-order valence-corrected chi connectivity index (χ1v) is 10.2. The highest BCUT2D eigenvalue weighted by atomic mass is 16.2. The molecule has 6 heteroatoms. The highest BCUT2D eigenvalue weighted by molar-refractivity contribution is 6.44. The molecule has 2 amide bonds. The number of amides is 2. The Morgan fingerprint density at radius 1 is 0.967 bits per heavy atom. The molecule has 2 aromatic carbocycles. The van der Waals surface area contributed by atoms with Crippen LogP contribution < -0.4 is 5.32 Å². The first kappa shape index (κ1) is 19.9. The Kier molecular flexibility index (Phi) is 5.40. The summed E-state index contributed by atoms with van der Waals surface area (Å²) >= 11 is 0. The number of ketones is 1. The van der Waals surface area contributed by atoms with Crippen LogP contribution in [0.25, 0.3) is 10.9 Å². The fraction of sp³-hybridized carbons (Fsp3) is 0.292. The lowest BCUT2D eigenvalue weighted by Gasteiger charge is -2.13. The van der Waals surface area contributed by atoms with E-state index in [2.05, 4.69) is 5.32 Å². The van der Waals surface area contributed by atoms with Gasteiger partial charge in [0.05, 0.1) is 5.56 Å². The summed E-state index contributed by atoms with van der Waals surface area (Å²) in [5.74, 6) is -1.16. The van der Waals surface area contributed by atoms with E-state index in [4.69, 9.17) is 0 Å². The molecule has 1 fully saturated rings. The normalized spacial score (nSPS) is 13.6. The van der Waals surface area contributed by atoms with E-state index < -0.39 is 11.7 Å². The number of nitrogens with one attached hydrogen (secondary N) is 1. The molecule has 1 N–H and O–H groups in total. The summed E-state index contributed by atoms with van der Waals surface area (Å²) in [6.07, 6.45) is 3.49. The first-order chi connectivity index (χ1) is 14.5. The van der Waals surface area contributed by atoms with Crippen molar-refractivity contribution in [1.82, 2.24) is 9.47 Å². The highest BCUT2D eigenvalue weighted by Gasteiger charge is 2.28. The number of hydrogen-bond acceptors (Lipinski definition) is 3. The molecule has 1 aliphatic heterocycles. The van der Waals surface area contributed by atoms with Gasteiger partial charge in [0.25, 0.3) is 11.7 Å². The number of anilines is 1. The number of hydrogen-bond donors (Lipinski definition) is 1. The lowest BCUT2D eigenvalue weighted by molar-refractivity contribution is -0.125. The molecule has 0 saturated carbocycles. The van der Waals surface area contributed by atoms with Gasteiger partial charge in [0.1, 0.15) is 6.54 Å². The van der Waals surface area contributed by atoms with Crippen molar-refractivity contribution in [3.63, 3.8) is 0 Å². The second-order valence-corrected chi connectivity index (χ2v) is 7.81. The summed E-state index contributed by atoms with van der Waals surface area (Å²) in [6, 6.07) is 13.1. The van der Waals surface area contributed by atoms with E-state index in [-0.39, 0.29) is 12.5 Å². The van der Waals surface area contributed by atoms with Crippen LogP contribution in [0, 0.1) is 13.8 Å². The molecular weight excluding hydrogens is 378 g/mol. The third-order valence-electron chi connectivity index (χ3n) is 5.81. The number of fused-ring (bicyclic) bond motifs is 1. The Labute approximate surface area is 175 Å². The van der Waals surface area contributed by atoms with Crippen LogP contribution in [0.15, 0.2) is 48.7 Å². The van der Waals surface area contributed by atoms with Crippen LogP contribution in [-0.4, -0.2) is 40.2 Å². The second kappa shape index (κ2) is 8.14. The minimum Gasteiger partial charge on any atom is -0.337 e. The van der Waals surface area contributed by atoms with E-state index in [0.29, 0.717) is 24.0 Å². The third-order valence-corrected chi connectivity index (χ3v) is 5.81. The number of aromatic nitrogens is 1. The minimum absolute atomic E-state index is 0.0546. The number of benzene rings is 2. The molecule has 1 aromatic heterocycles. The van der Waals surface area contributed by atoms with E-state index in [0.717, 1.165) is 35.2 Å². The lowest BCUT2D eigenvalue weighted by Crippen LogP contribution is -2.34. The Bertz CT molecular complexity index is 1140. The molecule has 1 saturated heterocycles. The summed E-state index contributed by atoms with van der Waals surface area (Å²) in [5.41, 5.74) is 4.01.